The van der Waals surface area contributed by atoms with Crippen LogP contribution in [0.25, 0.3) is 11.5 Å². The Kier molecular flexibility index (Phi) is 9.83. The first kappa shape index (κ1) is 23.4. The van der Waals surface area contributed by atoms with Gasteiger partial charge in [-0.3, -0.25) is 4.79 Å². The highest BCUT2D eigenvalue weighted by Gasteiger charge is 2.10. The van der Waals surface area contributed by atoms with Gasteiger partial charge in [-0.2, -0.15) is 4.98 Å². The van der Waals surface area contributed by atoms with Gasteiger partial charge in [0.1, 0.15) is 0 Å². The highest BCUT2D eigenvalue weighted by Crippen LogP contribution is 2.19. The summed E-state index contributed by atoms with van der Waals surface area (Å²) in [5.74, 6) is 2.11. The van der Waals surface area contributed by atoms with Crippen molar-refractivity contribution in [1.29, 1.82) is 0 Å². The summed E-state index contributed by atoms with van der Waals surface area (Å²) in [6.07, 6.45) is 2.23. The molecule has 0 saturated heterocycles. The quantitative estimate of drug-likeness (QED) is 0.433. The maximum Gasteiger partial charge on any atom is 0.257 e. The predicted molar refractivity (Wildman–Crippen MR) is 119 cm³/mol. The van der Waals surface area contributed by atoms with Crippen LogP contribution in [-0.2, 0) is 17.8 Å². The average molecular weight is 415 g/mol. The van der Waals surface area contributed by atoms with Crippen molar-refractivity contribution in [2.45, 2.75) is 53.5 Å². The molecular weight excluding hydrogens is 380 g/mol. The summed E-state index contributed by atoms with van der Waals surface area (Å²) in [4.78, 5) is 23.1. The number of rotatable bonds is 11. The standard InChI is InChI=1S/C22H34N6O2/c1-5-10-19-26-21(30-27-19)18-12-9-11-17(15-18)16-25-22(23-6-2)24-14-13-20(29)28(7-3)8-4/h9,11-12,15H,5-8,10,13-14,16H2,1-4H3,(H2,23,24,25). The second kappa shape index (κ2) is 12.6. The number of hydrogen-bond acceptors (Lipinski definition) is 5. The molecule has 2 aromatic rings. The van der Waals surface area contributed by atoms with Crippen molar-refractivity contribution in [3.8, 4) is 11.5 Å². The van der Waals surface area contributed by atoms with Gasteiger partial charge in [0.15, 0.2) is 11.8 Å². The Morgan fingerprint density at radius 3 is 2.67 bits per heavy atom. The molecule has 164 valence electrons. The van der Waals surface area contributed by atoms with Crippen LogP contribution < -0.4 is 10.6 Å². The number of benzene rings is 1. The van der Waals surface area contributed by atoms with E-state index in [1.165, 1.54) is 0 Å². The zero-order chi connectivity index (χ0) is 21.8. The van der Waals surface area contributed by atoms with Gasteiger partial charge in [0, 0.05) is 44.6 Å². The summed E-state index contributed by atoms with van der Waals surface area (Å²) in [6.45, 7) is 11.4. The fourth-order valence-electron chi connectivity index (χ4n) is 3.03. The van der Waals surface area contributed by atoms with Crippen LogP contribution >= 0.6 is 0 Å². The monoisotopic (exact) mass is 414 g/mol. The largest absolute Gasteiger partial charge is 0.357 e. The molecule has 0 fully saturated rings. The molecule has 1 amide bonds. The number of nitrogens with one attached hydrogen (secondary N) is 2. The van der Waals surface area contributed by atoms with E-state index in [0.717, 1.165) is 49.4 Å². The van der Waals surface area contributed by atoms with Gasteiger partial charge in [0.2, 0.25) is 5.91 Å². The van der Waals surface area contributed by atoms with E-state index in [1.54, 1.807) is 0 Å². The van der Waals surface area contributed by atoms with Crippen molar-refractivity contribution >= 4 is 11.9 Å². The van der Waals surface area contributed by atoms with Crippen LogP contribution in [0.3, 0.4) is 0 Å². The Balaban J connectivity index is 1.97. The van der Waals surface area contributed by atoms with E-state index in [-0.39, 0.29) is 5.91 Å². The maximum atomic E-state index is 12.1. The molecule has 8 nitrogen and oxygen atoms in total. The lowest BCUT2D eigenvalue weighted by Gasteiger charge is -2.19. The van der Waals surface area contributed by atoms with Crippen LogP contribution in [0.4, 0.5) is 0 Å². The van der Waals surface area contributed by atoms with Crippen molar-refractivity contribution in [2.75, 3.05) is 26.2 Å². The molecule has 1 aromatic heterocycles. The van der Waals surface area contributed by atoms with Gasteiger partial charge in [0.05, 0.1) is 6.54 Å². The normalized spacial score (nSPS) is 11.4. The maximum absolute atomic E-state index is 12.1. The molecule has 0 spiro atoms. The second-order valence-electron chi connectivity index (χ2n) is 6.90. The highest BCUT2D eigenvalue weighted by molar-refractivity contribution is 5.81. The number of aliphatic imine (C=N–C) groups is 1. The van der Waals surface area contributed by atoms with E-state index in [1.807, 2.05) is 49.9 Å². The molecule has 1 aromatic carbocycles. The zero-order valence-corrected chi connectivity index (χ0v) is 18.6. The van der Waals surface area contributed by atoms with Crippen molar-refractivity contribution in [2.24, 2.45) is 4.99 Å². The molecule has 0 aliphatic carbocycles. The lowest BCUT2D eigenvalue weighted by molar-refractivity contribution is -0.130. The number of carbonyl (C=O) groups is 1. The third-order valence-electron chi connectivity index (χ3n) is 4.63. The first-order chi connectivity index (χ1) is 14.6. The molecule has 0 aliphatic rings. The summed E-state index contributed by atoms with van der Waals surface area (Å²) in [5.41, 5.74) is 1.93. The van der Waals surface area contributed by atoms with E-state index in [2.05, 4.69) is 32.7 Å². The number of nitrogens with zero attached hydrogens (tertiary/aromatic N) is 4. The smallest absolute Gasteiger partial charge is 0.257 e. The molecule has 8 heteroatoms. The Morgan fingerprint density at radius 2 is 1.97 bits per heavy atom. The van der Waals surface area contributed by atoms with Crippen LogP contribution in [0.5, 0.6) is 0 Å². The predicted octanol–water partition coefficient (Wildman–Crippen LogP) is 3.00. The Labute approximate surface area is 179 Å². The minimum absolute atomic E-state index is 0.151. The lowest BCUT2D eigenvalue weighted by atomic mass is 10.1. The van der Waals surface area contributed by atoms with Gasteiger partial charge in [0.25, 0.3) is 5.89 Å². The van der Waals surface area contributed by atoms with Crippen LogP contribution in [0, 0.1) is 0 Å². The van der Waals surface area contributed by atoms with E-state index >= 15 is 0 Å². The SMILES string of the molecule is CCCc1noc(-c2cccc(CN=C(NCC)NCCC(=O)N(CC)CC)c2)n1. The molecule has 0 radical (unpaired) electrons. The van der Waals surface area contributed by atoms with Crippen molar-refractivity contribution < 1.29 is 9.32 Å². The zero-order valence-electron chi connectivity index (χ0n) is 18.6. The molecule has 0 unspecified atom stereocenters. The molecule has 1 heterocycles. The molecule has 0 bridgehead atoms. The second-order valence-corrected chi connectivity index (χ2v) is 6.90. The first-order valence-electron chi connectivity index (χ1n) is 10.8. The third-order valence-corrected chi connectivity index (χ3v) is 4.63. The summed E-state index contributed by atoms with van der Waals surface area (Å²) >= 11 is 0. The number of guanidine groups is 1. The lowest BCUT2D eigenvalue weighted by Crippen LogP contribution is -2.40. The summed E-state index contributed by atoms with van der Waals surface area (Å²) in [6, 6.07) is 7.95. The van der Waals surface area contributed by atoms with Gasteiger partial charge < -0.3 is 20.1 Å². The van der Waals surface area contributed by atoms with Gasteiger partial charge in [-0.05, 0) is 44.9 Å². The summed E-state index contributed by atoms with van der Waals surface area (Å²) < 4.78 is 5.38. The Bertz CT molecular complexity index is 813. The van der Waals surface area contributed by atoms with E-state index < -0.39 is 0 Å². The van der Waals surface area contributed by atoms with E-state index in [0.29, 0.717) is 31.4 Å². The molecular formula is C22H34N6O2. The minimum Gasteiger partial charge on any atom is -0.357 e. The minimum atomic E-state index is 0.151. The fraction of sp³-hybridized carbons (Fsp3) is 0.545. The molecule has 0 atom stereocenters. The van der Waals surface area contributed by atoms with Crippen molar-refractivity contribution in [3.05, 3.63) is 35.7 Å². The topological polar surface area (TPSA) is 95.7 Å². The van der Waals surface area contributed by atoms with Gasteiger partial charge in [-0.15, -0.1) is 0 Å². The van der Waals surface area contributed by atoms with Gasteiger partial charge in [-0.1, -0.05) is 24.2 Å². The van der Waals surface area contributed by atoms with Gasteiger partial charge >= 0.3 is 0 Å². The average Bonchev–Trinajstić information content (AvgIpc) is 3.22. The van der Waals surface area contributed by atoms with Crippen molar-refractivity contribution in [3.63, 3.8) is 0 Å². The molecule has 0 saturated carbocycles. The summed E-state index contributed by atoms with van der Waals surface area (Å²) in [7, 11) is 0. The highest BCUT2D eigenvalue weighted by atomic mass is 16.5. The summed E-state index contributed by atoms with van der Waals surface area (Å²) in [5, 5.41) is 10.5. The molecule has 0 aliphatic heterocycles. The molecule has 30 heavy (non-hydrogen) atoms. The fourth-order valence-corrected chi connectivity index (χ4v) is 3.03. The number of amides is 1. The number of aryl methyl sites for hydroxylation is 1. The molecule has 2 N–H and O–H groups in total. The Morgan fingerprint density at radius 1 is 1.17 bits per heavy atom. The van der Waals surface area contributed by atoms with Crippen LogP contribution in [0.1, 0.15) is 51.9 Å². The first-order valence-corrected chi connectivity index (χ1v) is 10.8. The third kappa shape index (κ3) is 7.17. The van der Waals surface area contributed by atoms with E-state index in [4.69, 9.17) is 4.52 Å². The van der Waals surface area contributed by atoms with Crippen LogP contribution in [0.2, 0.25) is 0 Å². The molecule has 2 rings (SSSR count). The Hall–Kier alpha value is -2.90. The van der Waals surface area contributed by atoms with Crippen LogP contribution in [0.15, 0.2) is 33.8 Å². The van der Waals surface area contributed by atoms with E-state index in [9.17, 15) is 4.79 Å². The number of aromatic nitrogens is 2. The number of carbonyl (C=O) groups excluding carboxylic acids is 1. The van der Waals surface area contributed by atoms with Gasteiger partial charge in [-0.25, -0.2) is 4.99 Å². The number of hydrogen-bond donors (Lipinski definition) is 2. The van der Waals surface area contributed by atoms with Crippen molar-refractivity contribution in [1.82, 2.24) is 25.7 Å². The van der Waals surface area contributed by atoms with Crippen LogP contribution in [-0.4, -0.2) is 53.1 Å².